The minimum absolute atomic E-state index is 0.263. The molecular weight excluding hydrogens is 434 g/mol. The zero-order valence-electron chi connectivity index (χ0n) is 18.3. The average molecular weight is 457 g/mol. The smallest absolute Gasteiger partial charge is 0.306 e. The lowest BCUT2D eigenvalue weighted by Gasteiger charge is -2.13. The van der Waals surface area contributed by atoms with Gasteiger partial charge in [-0.1, -0.05) is 48.5 Å². The maximum absolute atomic E-state index is 13.1. The fourth-order valence-electron chi connectivity index (χ4n) is 3.68. The highest BCUT2D eigenvalue weighted by Crippen LogP contribution is 2.44. The fourth-order valence-corrected chi connectivity index (χ4v) is 3.68. The van der Waals surface area contributed by atoms with E-state index in [0.29, 0.717) is 35.1 Å². The molecule has 4 aromatic rings. The number of nitrogens with zero attached hydrogens (tertiary/aromatic N) is 3. The molecule has 1 aromatic heterocycles. The maximum Gasteiger partial charge on any atom is 0.306 e. The highest BCUT2D eigenvalue weighted by atomic mass is 16.7. The summed E-state index contributed by atoms with van der Waals surface area (Å²) < 4.78 is 17.5. The number of aromatic nitrogens is 4. The number of unbranched alkanes of at least 4 members (excludes halogenated alkanes) is 1. The van der Waals surface area contributed by atoms with Crippen LogP contribution in [0.3, 0.4) is 0 Å². The monoisotopic (exact) mass is 457 g/mol. The SMILES string of the molecule is O=C(Nc1cccc2c1OC(c1nn[nH]n1)O2)c1ccccc1OCCCCc1ccccc1. The van der Waals surface area contributed by atoms with E-state index in [0.717, 1.165) is 19.3 Å². The van der Waals surface area contributed by atoms with Crippen LogP contribution in [0.15, 0.2) is 72.8 Å². The van der Waals surface area contributed by atoms with Gasteiger partial charge in [-0.25, -0.2) is 0 Å². The van der Waals surface area contributed by atoms with Crippen LogP contribution in [0.1, 0.15) is 40.9 Å². The first-order valence-corrected chi connectivity index (χ1v) is 11.0. The molecule has 1 aliphatic heterocycles. The Labute approximate surface area is 196 Å². The summed E-state index contributed by atoms with van der Waals surface area (Å²) in [4.78, 5) is 13.1. The van der Waals surface area contributed by atoms with Gasteiger partial charge >= 0.3 is 6.29 Å². The van der Waals surface area contributed by atoms with E-state index < -0.39 is 6.29 Å². The van der Waals surface area contributed by atoms with Gasteiger partial charge in [-0.3, -0.25) is 4.79 Å². The third-order valence-corrected chi connectivity index (χ3v) is 5.35. The van der Waals surface area contributed by atoms with Crippen molar-refractivity contribution in [3.63, 3.8) is 0 Å². The van der Waals surface area contributed by atoms with Crippen molar-refractivity contribution in [2.24, 2.45) is 0 Å². The Bertz CT molecular complexity index is 1250. The van der Waals surface area contributed by atoms with Gasteiger partial charge in [-0.2, -0.15) is 5.21 Å². The van der Waals surface area contributed by atoms with Gasteiger partial charge in [0, 0.05) is 0 Å². The van der Waals surface area contributed by atoms with Gasteiger partial charge in [0.25, 0.3) is 11.7 Å². The van der Waals surface area contributed by atoms with Crippen LogP contribution in [0.5, 0.6) is 17.2 Å². The van der Waals surface area contributed by atoms with E-state index in [2.05, 4.69) is 38.1 Å². The Balaban J connectivity index is 1.21. The van der Waals surface area contributed by atoms with Gasteiger partial charge in [0.15, 0.2) is 11.5 Å². The van der Waals surface area contributed by atoms with E-state index in [-0.39, 0.29) is 11.7 Å². The van der Waals surface area contributed by atoms with Crippen LogP contribution in [0.2, 0.25) is 0 Å². The largest absolute Gasteiger partial charge is 0.493 e. The lowest BCUT2D eigenvalue weighted by atomic mass is 10.1. The average Bonchev–Trinajstić information content (AvgIpc) is 3.55. The normalized spacial score (nSPS) is 14.1. The van der Waals surface area contributed by atoms with Crippen molar-refractivity contribution in [3.05, 3.63) is 89.7 Å². The van der Waals surface area contributed by atoms with Gasteiger partial charge in [0.2, 0.25) is 0 Å². The summed E-state index contributed by atoms with van der Waals surface area (Å²) in [7, 11) is 0. The molecular formula is C25H23N5O4. The van der Waals surface area contributed by atoms with Crippen LogP contribution < -0.4 is 19.5 Å². The minimum atomic E-state index is -0.835. The van der Waals surface area contributed by atoms with E-state index in [1.54, 1.807) is 36.4 Å². The van der Waals surface area contributed by atoms with E-state index in [1.807, 2.05) is 24.3 Å². The number of amides is 1. The van der Waals surface area contributed by atoms with Gasteiger partial charge in [0.1, 0.15) is 5.75 Å². The number of tetrazole rings is 1. The fraction of sp³-hybridized carbons (Fsp3) is 0.200. The van der Waals surface area contributed by atoms with Crippen molar-refractivity contribution in [1.29, 1.82) is 0 Å². The van der Waals surface area contributed by atoms with Gasteiger partial charge in [0.05, 0.1) is 17.9 Å². The Morgan fingerprint density at radius 1 is 0.971 bits per heavy atom. The first kappa shape index (κ1) is 21.4. The molecule has 2 heterocycles. The van der Waals surface area contributed by atoms with Crippen LogP contribution in [0, 0.1) is 0 Å². The molecule has 5 rings (SSSR count). The number of aromatic amines is 1. The number of rotatable bonds is 9. The van der Waals surface area contributed by atoms with Crippen molar-refractivity contribution in [1.82, 2.24) is 20.6 Å². The number of fused-ring (bicyclic) bond motifs is 1. The number of H-pyrrole nitrogens is 1. The van der Waals surface area contributed by atoms with Crippen LogP contribution in [-0.4, -0.2) is 33.1 Å². The molecule has 0 aliphatic carbocycles. The van der Waals surface area contributed by atoms with E-state index >= 15 is 0 Å². The zero-order chi connectivity index (χ0) is 23.2. The van der Waals surface area contributed by atoms with Crippen molar-refractivity contribution >= 4 is 11.6 Å². The zero-order valence-corrected chi connectivity index (χ0v) is 18.3. The predicted octanol–water partition coefficient (Wildman–Crippen LogP) is 4.32. The molecule has 172 valence electrons. The number of para-hydroxylation sites is 2. The number of anilines is 1. The Morgan fingerprint density at radius 3 is 2.68 bits per heavy atom. The Morgan fingerprint density at radius 2 is 1.82 bits per heavy atom. The van der Waals surface area contributed by atoms with Crippen molar-refractivity contribution < 1.29 is 19.0 Å². The molecule has 2 N–H and O–H groups in total. The summed E-state index contributed by atoms with van der Waals surface area (Å²) in [6, 6.07) is 22.8. The maximum atomic E-state index is 13.1. The molecule has 0 radical (unpaired) electrons. The van der Waals surface area contributed by atoms with Gasteiger partial charge in [-0.05, 0) is 54.3 Å². The predicted molar refractivity (Wildman–Crippen MR) is 124 cm³/mol. The number of carbonyl (C=O) groups is 1. The van der Waals surface area contributed by atoms with E-state index in [1.165, 1.54) is 5.56 Å². The summed E-state index contributed by atoms with van der Waals surface area (Å²) in [6.45, 7) is 0.529. The minimum Gasteiger partial charge on any atom is -0.493 e. The second-order valence-electron chi connectivity index (χ2n) is 7.71. The Hall–Kier alpha value is -4.40. The van der Waals surface area contributed by atoms with Crippen molar-refractivity contribution in [3.8, 4) is 17.2 Å². The molecule has 0 saturated heterocycles. The Kier molecular flexibility index (Phi) is 6.33. The van der Waals surface area contributed by atoms with E-state index in [9.17, 15) is 4.79 Å². The number of carbonyl (C=O) groups excluding carboxylic acids is 1. The molecule has 1 atom stereocenters. The molecule has 0 fully saturated rings. The molecule has 1 unspecified atom stereocenters. The molecule has 1 aliphatic rings. The summed E-state index contributed by atoms with van der Waals surface area (Å²) >= 11 is 0. The quantitative estimate of drug-likeness (QED) is 0.360. The number of benzene rings is 3. The van der Waals surface area contributed by atoms with Crippen LogP contribution in [0.4, 0.5) is 5.69 Å². The first-order chi connectivity index (χ1) is 16.8. The van der Waals surface area contributed by atoms with Gasteiger partial charge < -0.3 is 19.5 Å². The summed E-state index contributed by atoms with van der Waals surface area (Å²) in [6.07, 6.45) is 2.06. The van der Waals surface area contributed by atoms with E-state index in [4.69, 9.17) is 14.2 Å². The van der Waals surface area contributed by atoms with Crippen LogP contribution >= 0.6 is 0 Å². The summed E-state index contributed by atoms with van der Waals surface area (Å²) in [5.41, 5.74) is 2.23. The highest BCUT2D eigenvalue weighted by molar-refractivity contribution is 6.07. The van der Waals surface area contributed by atoms with Crippen LogP contribution in [0.25, 0.3) is 0 Å². The second-order valence-corrected chi connectivity index (χ2v) is 7.71. The van der Waals surface area contributed by atoms with Crippen molar-refractivity contribution in [2.45, 2.75) is 25.6 Å². The molecule has 0 spiro atoms. The number of hydrogen-bond donors (Lipinski definition) is 2. The van der Waals surface area contributed by atoms with Gasteiger partial charge in [-0.15, -0.1) is 10.2 Å². The standard InChI is InChI=1S/C25H23N5O4/c31-24(26-19-13-8-15-21-22(19)34-25(33-21)23-27-29-30-28-23)18-12-4-5-14-20(18)32-16-7-6-11-17-9-2-1-3-10-17/h1-5,8-10,12-15,25H,6-7,11,16H2,(H,26,31)(H,27,28,29,30). The number of nitrogens with one attached hydrogen (secondary N) is 2. The summed E-state index contributed by atoms with van der Waals surface area (Å²) in [5, 5.41) is 16.6. The number of aryl methyl sites for hydroxylation is 1. The molecule has 0 saturated carbocycles. The first-order valence-electron chi connectivity index (χ1n) is 11.0. The highest BCUT2D eigenvalue weighted by Gasteiger charge is 2.31. The summed E-state index contributed by atoms with van der Waals surface area (Å²) in [5.74, 6) is 1.38. The van der Waals surface area contributed by atoms with Crippen LogP contribution in [-0.2, 0) is 6.42 Å². The topological polar surface area (TPSA) is 111 Å². The van der Waals surface area contributed by atoms with Crippen molar-refractivity contribution in [2.75, 3.05) is 11.9 Å². The lowest BCUT2D eigenvalue weighted by Crippen LogP contribution is -2.15. The molecule has 3 aromatic carbocycles. The third-order valence-electron chi connectivity index (χ3n) is 5.35. The number of hydrogen-bond acceptors (Lipinski definition) is 7. The lowest BCUT2D eigenvalue weighted by molar-refractivity contribution is 0.0407. The third kappa shape index (κ3) is 4.83. The molecule has 34 heavy (non-hydrogen) atoms. The molecule has 0 bridgehead atoms. The number of ether oxygens (including phenoxy) is 3. The molecule has 9 nitrogen and oxygen atoms in total. The second kappa shape index (κ2) is 10.0. The molecule has 1 amide bonds. The molecule has 9 heteroatoms.